The minimum Gasteiger partial charge on any atom is -0.0791 e. The molecule has 88 valence electrons. The molecule has 0 amide bonds. The second kappa shape index (κ2) is 5.87. The molecule has 0 heteroatoms. The van der Waals surface area contributed by atoms with Gasteiger partial charge in [-0.05, 0) is 52.0 Å². The Balaban J connectivity index is 3.12. The van der Waals surface area contributed by atoms with Gasteiger partial charge in [-0.15, -0.1) is 0 Å². The van der Waals surface area contributed by atoms with Gasteiger partial charge in [0.05, 0.1) is 10.8 Å². The number of rotatable bonds is 0. The molecule has 0 N–H and O–H groups in total. The summed E-state index contributed by atoms with van der Waals surface area (Å²) in [5, 5.41) is 0. The van der Waals surface area contributed by atoms with E-state index in [1.807, 2.05) is 27.7 Å². The molecule has 0 aromatic carbocycles. The third-order valence-corrected chi connectivity index (χ3v) is 2.04. The molecule has 0 nitrogen and oxygen atoms in total. The zero-order valence-electron chi connectivity index (χ0n) is 11.3. The highest BCUT2D eigenvalue weighted by atomic mass is 14.1. The molecule has 0 heterocycles. The van der Waals surface area contributed by atoms with Crippen molar-refractivity contribution >= 4 is 0 Å². The maximum atomic E-state index is 3.09. The molecule has 0 atom stereocenters. The molecule has 0 aliphatic heterocycles. The number of hydrogen-bond acceptors (Lipinski definition) is 0. The minimum absolute atomic E-state index is 0.321. The molecule has 0 fully saturated rings. The Labute approximate surface area is 111 Å². The molecule has 0 saturated carbocycles. The van der Waals surface area contributed by atoms with Crippen LogP contribution in [-0.4, -0.2) is 0 Å². The zero-order valence-corrected chi connectivity index (χ0v) is 11.3. The van der Waals surface area contributed by atoms with Gasteiger partial charge in [-0.3, -0.25) is 0 Å². The summed E-state index contributed by atoms with van der Waals surface area (Å²) in [6.45, 7) is 7.95. The first kappa shape index (κ1) is 13.8. The fraction of sp³-hybridized carbons (Fsp3) is 0.333. The van der Waals surface area contributed by atoms with Gasteiger partial charge in [0.1, 0.15) is 0 Å². The van der Waals surface area contributed by atoms with Crippen molar-refractivity contribution in [3.05, 3.63) is 24.3 Å². The third-order valence-electron chi connectivity index (χ3n) is 2.04. The second-order valence-electron chi connectivity index (χ2n) is 4.99. The highest BCUT2D eigenvalue weighted by Crippen LogP contribution is 2.11. The third kappa shape index (κ3) is 5.71. The first-order valence-corrected chi connectivity index (χ1v) is 5.82. The topological polar surface area (TPSA) is 0 Å². The van der Waals surface area contributed by atoms with Crippen LogP contribution in [0.5, 0.6) is 0 Å². The summed E-state index contributed by atoms with van der Waals surface area (Å²) in [5.74, 6) is 24.2. The van der Waals surface area contributed by atoms with Crippen LogP contribution < -0.4 is 0 Å². The normalized spacial score (nSPS) is 22.0. The van der Waals surface area contributed by atoms with Crippen molar-refractivity contribution < 1.29 is 0 Å². The molecule has 0 spiro atoms. The van der Waals surface area contributed by atoms with Crippen LogP contribution in [0.1, 0.15) is 27.7 Å². The molecular formula is C18H16. The molecule has 0 bridgehead atoms. The van der Waals surface area contributed by atoms with Gasteiger partial charge in [0.15, 0.2) is 0 Å². The minimum atomic E-state index is -0.321. The zero-order chi connectivity index (χ0) is 13.5. The van der Waals surface area contributed by atoms with E-state index in [4.69, 9.17) is 0 Å². The van der Waals surface area contributed by atoms with E-state index in [1.54, 1.807) is 24.3 Å². The monoisotopic (exact) mass is 232 g/mol. The van der Waals surface area contributed by atoms with Crippen molar-refractivity contribution in [3.63, 3.8) is 0 Å². The Kier molecular flexibility index (Phi) is 4.50. The highest BCUT2D eigenvalue weighted by molar-refractivity contribution is 5.37. The summed E-state index contributed by atoms with van der Waals surface area (Å²) >= 11 is 0. The molecule has 1 aliphatic rings. The first-order chi connectivity index (χ1) is 8.41. The Morgan fingerprint density at radius 2 is 0.722 bits per heavy atom. The van der Waals surface area contributed by atoms with E-state index >= 15 is 0 Å². The van der Waals surface area contributed by atoms with Crippen molar-refractivity contribution in [3.8, 4) is 47.4 Å². The van der Waals surface area contributed by atoms with Crippen molar-refractivity contribution in [2.45, 2.75) is 27.7 Å². The lowest BCUT2D eigenvalue weighted by Crippen LogP contribution is -2.03. The Hall–Kier alpha value is -2.28. The Bertz CT molecular complexity index is 496. The Morgan fingerprint density at radius 3 is 0.944 bits per heavy atom. The van der Waals surface area contributed by atoms with Gasteiger partial charge in [0.25, 0.3) is 0 Å². The fourth-order valence-electron chi connectivity index (χ4n) is 1.12. The summed E-state index contributed by atoms with van der Waals surface area (Å²) < 4.78 is 0. The largest absolute Gasteiger partial charge is 0.0869 e. The van der Waals surface area contributed by atoms with E-state index in [9.17, 15) is 0 Å². The molecule has 0 saturated heterocycles. The molecule has 1 aliphatic carbocycles. The summed E-state index contributed by atoms with van der Waals surface area (Å²) in [5.41, 5.74) is -0.641. The van der Waals surface area contributed by atoms with E-state index in [1.165, 1.54) is 0 Å². The lowest BCUT2D eigenvalue weighted by Gasteiger charge is -2.06. The van der Waals surface area contributed by atoms with Crippen LogP contribution in [-0.2, 0) is 0 Å². The lowest BCUT2D eigenvalue weighted by molar-refractivity contribution is 0.685. The van der Waals surface area contributed by atoms with E-state index in [0.717, 1.165) is 0 Å². The van der Waals surface area contributed by atoms with Crippen LogP contribution in [0.15, 0.2) is 24.3 Å². The summed E-state index contributed by atoms with van der Waals surface area (Å²) in [7, 11) is 0. The predicted octanol–water partition coefficient (Wildman–Crippen LogP) is 3.18. The van der Waals surface area contributed by atoms with Crippen molar-refractivity contribution in [2.75, 3.05) is 0 Å². The van der Waals surface area contributed by atoms with Gasteiger partial charge in [-0.2, -0.15) is 0 Å². The lowest BCUT2D eigenvalue weighted by atomic mass is 9.94. The van der Waals surface area contributed by atoms with Crippen molar-refractivity contribution in [1.29, 1.82) is 0 Å². The van der Waals surface area contributed by atoms with Crippen LogP contribution in [0, 0.1) is 58.2 Å². The van der Waals surface area contributed by atoms with Crippen molar-refractivity contribution in [1.82, 2.24) is 0 Å². The Morgan fingerprint density at radius 1 is 0.500 bits per heavy atom. The second-order valence-corrected chi connectivity index (χ2v) is 4.99. The summed E-state index contributed by atoms with van der Waals surface area (Å²) in [6.07, 6.45) is 7.01. The maximum absolute atomic E-state index is 3.09. The van der Waals surface area contributed by atoms with E-state index in [0.29, 0.717) is 0 Å². The van der Waals surface area contributed by atoms with Crippen LogP contribution in [0.4, 0.5) is 0 Å². The molecular weight excluding hydrogens is 216 g/mol. The van der Waals surface area contributed by atoms with E-state index in [-0.39, 0.29) is 10.8 Å². The highest BCUT2D eigenvalue weighted by Gasteiger charge is 2.09. The molecule has 0 unspecified atom stereocenters. The first-order valence-electron chi connectivity index (χ1n) is 5.82. The van der Waals surface area contributed by atoms with Gasteiger partial charge in [-0.1, -0.05) is 47.4 Å². The van der Waals surface area contributed by atoms with Gasteiger partial charge in [0.2, 0.25) is 0 Å². The van der Waals surface area contributed by atoms with Crippen LogP contribution in [0.3, 0.4) is 0 Å². The molecule has 0 aromatic rings. The fourth-order valence-corrected chi connectivity index (χ4v) is 1.12. The summed E-state index contributed by atoms with van der Waals surface area (Å²) in [6, 6.07) is 0. The van der Waals surface area contributed by atoms with E-state index < -0.39 is 0 Å². The van der Waals surface area contributed by atoms with Crippen LogP contribution >= 0.6 is 0 Å². The van der Waals surface area contributed by atoms with Crippen LogP contribution in [0.2, 0.25) is 0 Å². The smallest absolute Gasteiger partial charge is 0.0791 e. The van der Waals surface area contributed by atoms with Gasteiger partial charge in [0, 0.05) is 0 Å². The van der Waals surface area contributed by atoms with Gasteiger partial charge in [-0.25, -0.2) is 0 Å². The van der Waals surface area contributed by atoms with E-state index in [2.05, 4.69) is 47.4 Å². The molecule has 1 rings (SSSR count). The van der Waals surface area contributed by atoms with Crippen molar-refractivity contribution in [2.24, 2.45) is 10.8 Å². The number of allylic oxidation sites excluding steroid dienone is 4. The van der Waals surface area contributed by atoms with Gasteiger partial charge >= 0.3 is 0 Å². The van der Waals surface area contributed by atoms with Gasteiger partial charge < -0.3 is 0 Å². The molecule has 18 heavy (non-hydrogen) atoms. The average molecular weight is 232 g/mol. The quantitative estimate of drug-likeness (QED) is 0.563. The molecule has 0 radical (unpaired) electrons. The molecule has 0 aromatic heterocycles. The number of hydrogen-bond donors (Lipinski definition) is 0. The standard InChI is InChI=1S/C18H16/c1-17(2)13-9-5-7-11-15-18(3,4)16-12-8-6-10-14-17/h5-8H,1-4H3/b7-5+,8-6+. The predicted molar refractivity (Wildman–Crippen MR) is 76.9 cm³/mol. The summed E-state index contributed by atoms with van der Waals surface area (Å²) in [4.78, 5) is 0. The maximum Gasteiger partial charge on any atom is 0.0869 e. The van der Waals surface area contributed by atoms with Crippen LogP contribution in [0.25, 0.3) is 0 Å². The average Bonchev–Trinajstić information content (AvgIpc) is 2.27. The SMILES string of the molecule is CC1(C)C#C/C=C/C#CC(C)(C)C#C/C=C/C#C1.